The zero-order valence-electron chi connectivity index (χ0n) is 14.9. The first-order chi connectivity index (χ1) is 12.9. The Bertz CT molecular complexity index is 922. The molecule has 0 atom stereocenters. The summed E-state index contributed by atoms with van der Waals surface area (Å²) in [6, 6.07) is 3.89. The van der Waals surface area contributed by atoms with E-state index in [9.17, 15) is 14.4 Å². The van der Waals surface area contributed by atoms with Crippen LogP contribution in [0.25, 0.3) is 0 Å². The SMILES string of the molecule is COc1ccc(C(=O)Nc2sc3c(c2C(=O)NC(N)=O)CCC3)c(OC)c1. The van der Waals surface area contributed by atoms with Gasteiger partial charge >= 0.3 is 6.03 Å². The quantitative estimate of drug-likeness (QED) is 0.725. The number of amides is 4. The van der Waals surface area contributed by atoms with E-state index in [1.54, 1.807) is 18.2 Å². The van der Waals surface area contributed by atoms with Gasteiger partial charge in [0.05, 0.1) is 25.3 Å². The van der Waals surface area contributed by atoms with Gasteiger partial charge < -0.3 is 20.5 Å². The fraction of sp³-hybridized carbons (Fsp3) is 0.278. The molecule has 0 bridgehead atoms. The third-order valence-electron chi connectivity index (χ3n) is 4.27. The normalized spacial score (nSPS) is 12.2. The van der Waals surface area contributed by atoms with Crippen molar-refractivity contribution in [2.24, 2.45) is 5.73 Å². The zero-order valence-corrected chi connectivity index (χ0v) is 15.7. The lowest BCUT2D eigenvalue weighted by Gasteiger charge is -2.11. The highest BCUT2D eigenvalue weighted by atomic mass is 32.1. The second-order valence-electron chi connectivity index (χ2n) is 5.90. The molecule has 1 aliphatic carbocycles. The van der Waals surface area contributed by atoms with Gasteiger partial charge in [-0.15, -0.1) is 11.3 Å². The Morgan fingerprint density at radius 1 is 1.11 bits per heavy atom. The minimum atomic E-state index is -0.938. The Kier molecular flexibility index (Phi) is 5.31. The molecular weight excluding hydrogens is 370 g/mol. The van der Waals surface area contributed by atoms with Crippen molar-refractivity contribution in [2.45, 2.75) is 19.3 Å². The molecule has 4 amide bonds. The van der Waals surface area contributed by atoms with Crippen molar-refractivity contribution in [3.63, 3.8) is 0 Å². The van der Waals surface area contributed by atoms with Crippen LogP contribution in [-0.4, -0.2) is 32.1 Å². The summed E-state index contributed by atoms with van der Waals surface area (Å²) in [7, 11) is 2.97. The number of methoxy groups -OCH3 is 2. The second kappa shape index (κ2) is 7.67. The van der Waals surface area contributed by atoms with Crippen molar-refractivity contribution in [3.8, 4) is 11.5 Å². The van der Waals surface area contributed by atoms with E-state index in [1.165, 1.54) is 25.6 Å². The number of fused-ring (bicyclic) bond motifs is 1. The number of hydrogen-bond acceptors (Lipinski definition) is 6. The van der Waals surface area contributed by atoms with Crippen LogP contribution in [0.4, 0.5) is 9.80 Å². The first-order valence-electron chi connectivity index (χ1n) is 8.23. The number of benzene rings is 1. The number of rotatable bonds is 5. The van der Waals surface area contributed by atoms with Crippen LogP contribution in [0.15, 0.2) is 18.2 Å². The molecule has 4 N–H and O–H groups in total. The molecule has 2 aromatic rings. The summed E-state index contributed by atoms with van der Waals surface area (Å²) in [5.41, 5.74) is 6.52. The summed E-state index contributed by atoms with van der Waals surface area (Å²) in [5, 5.41) is 5.24. The topological polar surface area (TPSA) is 120 Å². The number of nitrogens with one attached hydrogen (secondary N) is 2. The Morgan fingerprint density at radius 2 is 1.89 bits per heavy atom. The highest BCUT2D eigenvalue weighted by Gasteiger charge is 2.28. The van der Waals surface area contributed by atoms with Crippen LogP contribution in [0.5, 0.6) is 11.5 Å². The molecule has 0 saturated carbocycles. The van der Waals surface area contributed by atoms with Gasteiger partial charge in [0.2, 0.25) is 0 Å². The largest absolute Gasteiger partial charge is 0.497 e. The summed E-state index contributed by atoms with van der Waals surface area (Å²) < 4.78 is 10.4. The molecule has 0 unspecified atom stereocenters. The molecule has 27 heavy (non-hydrogen) atoms. The lowest BCUT2D eigenvalue weighted by atomic mass is 10.1. The molecule has 0 radical (unpaired) electrons. The van der Waals surface area contributed by atoms with Gasteiger partial charge in [-0.05, 0) is 37.0 Å². The van der Waals surface area contributed by atoms with Crippen LogP contribution < -0.4 is 25.8 Å². The van der Waals surface area contributed by atoms with Crippen LogP contribution in [0.1, 0.15) is 37.6 Å². The molecule has 0 fully saturated rings. The van der Waals surface area contributed by atoms with E-state index in [0.29, 0.717) is 27.6 Å². The smallest absolute Gasteiger partial charge is 0.319 e. The van der Waals surface area contributed by atoms with Crippen LogP contribution in [0, 0.1) is 0 Å². The van der Waals surface area contributed by atoms with E-state index in [2.05, 4.69) is 10.6 Å². The van der Waals surface area contributed by atoms with Crippen molar-refractivity contribution in [1.29, 1.82) is 0 Å². The third-order valence-corrected chi connectivity index (χ3v) is 5.47. The minimum Gasteiger partial charge on any atom is -0.497 e. The van der Waals surface area contributed by atoms with Crippen LogP contribution in [-0.2, 0) is 12.8 Å². The number of primary amides is 1. The fourth-order valence-corrected chi connectivity index (χ4v) is 4.35. The van der Waals surface area contributed by atoms with Crippen molar-refractivity contribution < 1.29 is 23.9 Å². The van der Waals surface area contributed by atoms with Crippen molar-refractivity contribution in [3.05, 3.63) is 39.8 Å². The van der Waals surface area contributed by atoms with Gasteiger partial charge in [-0.2, -0.15) is 0 Å². The van der Waals surface area contributed by atoms with E-state index in [0.717, 1.165) is 29.7 Å². The summed E-state index contributed by atoms with van der Waals surface area (Å²) >= 11 is 1.34. The molecule has 1 aromatic heterocycles. The molecule has 0 saturated heterocycles. The molecule has 9 heteroatoms. The highest BCUT2D eigenvalue weighted by molar-refractivity contribution is 7.17. The Labute approximate surface area is 159 Å². The lowest BCUT2D eigenvalue weighted by Crippen LogP contribution is -2.35. The second-order valence-corrected chi connectivity index (χ2v) is 7.01. The number of hydrogen-bond donors (Lipinski definition) is 3. The number of anilines is 1. The number of urea groups is 1. The van der Waals surface area contributed by atoms with Crippen LogP contribution in [0.3, 0.4) is 0 Å². The minimum absolute atomic E-state index is 0.298. The molecular formula is C18H19N3O5S. The van der Waals surface area contributed by atoms with Crippen molar-refractivity contribution in [1.82, 2.24) is 5.32 Å². The third kappa shape index (κ3) is 3.72. The van der Waals surface area contributed by atoms with E-state index in [4.69, 9.17) is 15.2 Å². The summed E-state index contributed by atoms with van der Waals surface area (Å²) in [4.78, 5) is 37.3. The Hall–Kier alpha value is -3.07. The van der Waals surface area contributed by atoms with Gasteiger partial charge in [0, 0.05) is 10.9 Å². The van der Waals surface area contributed by atoms with Gasteiger partial charge in [-0.1, -0.05) is 0 Å². The molecule has 3 rings (SSSR count). The van der Waals surface area contributed by atoms with Crippen molar-refractivity contribution >= 4 is 34.2 Å². The molecule has 8 nitrogen and oxygen atoms in total. The molecule has 0 aliphatic heterocycles. The molecule has 142 valence electrons. The van der Waals surface area contributed by atoms with Gasteiger partial charge in [0.15, 0.2) is 0 Å². The summed E-state index contributed by atoms with van der Waals surface area (Å²) in [6.07, 6.45) is 2.48. The first-order valence-corrected chi connectivity index (χ1v) is 9.05. The maximum absolute atomic E-state index is 12.8. The maximum Gasteiger partial charge on any atom is 0.319 e. The highest BCUT2D eigenvalue weighted by Crippen LogP contribution is 2.39. The average Bonchev–Trinajstić information content (AvgIpc) is 3.20. The monoisotopic (exact) mass is 389 g/mol. The zero-order chi connectivity index (χ0) is 19.6. The molecule has 0 spiro atoms. The lowest BCUT2D eigenvalue weighted by molar-refractivity contribution is 0.0966. The number of carbonyl (C=O) groups excluding carboxylic acids is 3. The number of ether oxygens (including phenoxy) is 2. The number of imide groups is 1. The number of aryl methyl sites for hydroxylation is 1. The standard InChI is InChI=1S/C18H19N3O5S/c1-25-9-6-7-10(12(8-9)26-2)15(22)20-17-14(16(23)21-18(19)24)11-4-3-5-13(11)27-17/h6-8H,3-5H2,1-2H3,(H,20,22)(H3,19,21,23,24). The van der Waals surface area contributed by atoms with Gasteiger partial charge in [-0.3, -0.25) is 14.9 Å². The van der Waals surface area contributed by atoms with Crippen molar-refractivity contribution in [2.75, 3.05) is 19.5 Å². The Morgan fingerprint density at radius 3 is 2.56 bits per heavy atom. The number of thiophene rings is 1. The van der Waals surface area contributed by atoms with E-state index in [-0.39, 0.29) is 0 Å². The number of nitrogens with two attached hydrogens (primary N) is 1. The number of carbonyl (C=O) groups is 3. The van der Waals surface area contributed by atoms with Gasteiger partial charge in [0.1, 0.15) is 16.5 Å². The summed E-state index contributed by atoms with van der Waals surface area (Å²) in [5.74, 6) is -0.138. The fourth-order valence-electron chi connectivity index (χ4n) is 3.06. The first kappa shape index (κ1) is 18.7. The van der Waals surface area contributed by atoms with Gasteiger partial charge in [-0.25, -0.2) is 4.79 Å². The maximum atomic E-state index is 12.8. The van der Waals surface area contributed by atoms with E-state index >= 15 is 0 Å². The van der Waals surface area contributed by atoms with E-state index < -0.39 is 17.8 Å². The van der Waals surface area contributed by atoms with Crippen LogP contribution in [0.2, 0.25) is 0 Å². The van der Waals surface area contributed by atoms with Crippen LogP contribution >= 0.6 is 11.3 Å². The predicted octanol–water partition coefficient (Wildman–Crippen LogP) is 2.31. The van der Waals surface area contributed by atoms with E-state index in [1.807, 2.05) is 0 Å². The average molecular weight is 389 g/mol. The predicted molar refractivity (Wildman–Crippen MR) is 101 cm³/mol. The van der Waals surface area contributed by atoms with Gasteiger partial charge in [0.25, 0.3) is 11.8 Å². The molecule has 1 aliphatic rings. The Balaban J connectivity index is 1.93. The summed E-state index contributed by atoms with van der Waals surface area (Å²) in [6.45, 7) is 0. The molecule has 1 aromatic carbocycles. The molecule has 1 heterocycles.